The fourth-order valence-electron chi connectivity index (χ4n) is 3.58. The number of methoxy groups -OCH3 is 1. The van der Waals surface area contributed by atoms with Crippen LogP contribution in [0.4, 0.5) is 4.79 Å². The summed E-state index contributed by atoms with van der Waals surface area (Å²) in [6.45, 7) is 11.9. The maximum absolute atomic E-state index is 12.5. The molecule has 1 aliphatic rings. The summed E-state index contributed by atoms with van der Waals surface area (Å²) in [5, 5.41) is 5.94. The number of urea groups is 1. The van der Waals surface area contributed by atoms with E-state index in [2.05, 4.69) is 41.5 Å². The Morgan fingerprint density at radius 1 is 1.10 bits per heavy atom. The number of benzene rings is 1. The van der Waals surface area contributed by atoms with E-state index in [-0.39, 0.29) is 18.0 Å². The topological polar surface area (TPSA) is 73.9 Å². The molecule has 0 radical (unpaired) electrons. The summed E-state index contributed by atoms with van der Waals surface area (Å²) in [6, 6.07) is 6.26. The molecule has 1 heterocycles. The summed E-state index contributed by atoms with van der Waals surface area (Å²) >= 11 is 0. The van der Waals surface area contributed by atoms with Gasteiger partial charge in [0, 0.05) is 38.8 Å². The maximum Gasteiger partial charge on any atom is 0.317 e. The highest BCUT2D eigenvalue weighted by Gasteiger charge is 2.22. The van der Waals surface area contributed by atoms with Crippen molar-refractivity contribution in [2.24, 2.45) is 0 Å². The Hall–Kier alpha value is -2.28. The third-order valence-corrected chi connectivity index (χ3v) is 5.12. The third kappa shape index (κ3) is 7.24. The van der Waals surface area contributed by atoms with E-state index in [1.54, 1.807) is 7.11 Å². The Balaban J connectivity index is 1.77. The first-order chi connectivity index (χ1) is 13.8. The van der Waals surface area contributed by atoms with Gasteiger partial charge in [-0.2, -0.15) is 0 Å². The van der Waals surface area contributed by atoms with E-state index in [0.717, 1.165) is 12.2 Å². The van der Waals surface area contributed by atoms with Gasteiger partial charge in [0.25, 0.3) is 0 Å². The van der Waals surface area contributed by atoms with Crippen molar-refractivity contribution >= 4 is 11.9 Å². The molecule has 1 aromatic rings. The number of rotatable bonds is 8. The predicted molar refractivity (Wildman–Crippen MR) is 115 cm³/mol. The average Bonchev–Trinajstić information content (AvgIpc) is 2.67. The summed E-state index contributed by atoms with van der Waals surface area (Å²) in [5.74, 6) is 1.30. The highest BCUT2D eigenvalue weighted by Crippen LogP contribution is 2.24. The average molecular weight is 405 g/mol. The molecule has 0 unspecified atom stereocenters. The lowest BCUT2D eigenvalue weighted by molar-refractivity contribution is -0.123. The predicted octanol–water partition coefficient (Wildman–Crippen LogP) is 2.21. The van der Waals surface area contributed by atoms with Crippen molar-refractivity contribution < 1.29 is 14.3 Å². The highest BCUT2D eigenvalue weighted by molar-refractivity contribution is 5.78. The van der Waals surface area contributed by atoms with Crippen molar-refractivity contribution in [3.63, 3.8) is 0 Å². The molecule has 2 N–H and O–H groups in total. The Kier molecular flexibility index (Phi) is 8.76. The molecule has 29 heavy (non-hydrogen) atoms. The molecule has 1 aromatic carbocycles. The molecule has 1 aliphatic heterocycles. The molecule has 1 saturated heterocycles. The molecule has 7 nitrogen and oxygen atoms in total. The number of carbonyl (C=O) groups is 2. The van der Waals surface area contributed by atoms with Crippen molar-refractivity contribution in [1.82, 2.24) is 20.4 Å². The number of hydrogen-bond acceptors (Lipinski definition) is 4. The number of nitrogens with one attached hydrogen (secondary N) is 2. The first-order valence-corrected chi connectivity index (χ1v) is 10.5. The molecule has 0 saturated carbocycles. The Labute approximate surface area is 174 Å². The first kappa shape index (κ1) is 23.0. The van der Waals surface area contributed by atoms with Gasteiger partial charge in [-0.05, 0) is 49.4 Å². The molecule has 3 amide bonds. The van der Waals surface area contributed by atoms with Gasteiger partial charge in [-0.3, -0.25) is 9.69 Å². The molecule has 0 bridgehead atoms. The van der Waals surface area contributed by atoms with E-state index in [4.69, 9.17) is 4.74 Å². The fraction of sp³-hybridized carbons (Fsp3) is 0.636. The van der Waals surface area contributed by atoms with Gasteiger partial charge >= 0.3 is 6.03 Å². The molecule has 0 aromatic heterocycles. The number of ether oxygens (including phenoxy) is 1. The number of carbonyl (C=O) groups excluding carboxylic acids is 2. The molecule has 2 rings (SSSR count). The lowest BCUT2D eigenvalue weighted by Crippen LogP contribution is -2.53. The number of hydrogen-bond donors (Lipinski definition) is 2. The summed E-state index contributed by atoms with van der Waals surface area (Å²) in [7, 11) is 1.67. The Morgan fingerprint density at radius 2 is 1.79 bits per heavy atom. The zero-order chi connectivity index (χ0) is 21.4. The van der Waals surface area contributed by atoms with Crippen LogP contribution in [0.5, 0.6) is 5.75 Å². The van der Waals surface area contributed by atoms with Crippen LogP contribution in [-0.2, 0) is 11.2 Å². The molecular formula is C22H36N4O3. The van der Waals surface area contributed by atoms with E-state index in [1.807, 2.05) is 24.8 Å². The van der Waals surface area contributed by atoms with Gasteiger partial charge in [0.1, 0.15) is 5.75 Å². The summed E-state index contributed by atoms with van der Waals surface area (Å²) in [6.07, 6.45) is 0.770. The van der Waals surface area contributed by atoms with Crippen LogP contribution in [0.3, 0.4) is 0 Å². The lowest BCUT2D eigenvalue weighted by Gasteiger charge is -2.34. The van der Waals surface area contributed by atoms with Crippen molar-refractivity contribution in [2.75, 3.05) is 46.4 Å². The quantitative estimate of drug-likeness (QED) is 0.697. The maximum atomic E-state index is 12.5. The van der Waals surface area contributed by atoms with Gasteiger partial charge in [0.2, 0.25) is 5.91 Å². The van der Waals surface area contributed by atoms with E-state index in [9.17, 15) is 9.59 Å². The monoisotopic (exact) mass is 404 g/mol. The van der Waals surface area contributed by atoms with Crippen LogP contribution >= 0.6 is 0 Å². The van der Waals surface area contributed by atoms with Crippen molar-refractivity contribution in [2.45, 2.75) is 46.1 Å². The number of nitrogens with zero attached hydrogens (tertiary/aromatic N) is 2. The zero-order valence-corrected chi connectivity index (χ0v) is 18.5. The molecule has 0 atom stereocenters. The second-order valence-electron chi connectivity index (χ2n) is 8.19. The van der Waals surface area contributed by atoms with Gasteiger partial charge < -0.3 is 20.3 Å². The van der Waals surface area contributed by atoms with Crippen LogP contribution in [0.2, 0.25) is 0 Å². The van der Waals surface area contributed by atoms with Crippen LogP contribution in [0, 0.1) is 0 Å². The van der Waals surface area contributed by atoms with Gasteiger partial charge in [-0.25, -0.2) is 4.79 Å². The van der Waals surface area contributed by atoms with E-state index < -0.39 is 0 Å². The summed E-state index contributed by atoms with van der Waals surface area (Å²) in [4.78, 5) is 28.3. The molecule has 162 valence electrons. The normalized spacial score (nSPS) is 14.9. The Morgan fingerprint density at radius 3 is 2.38 bits per heavy atom. The fourth-order valence-corrected chi connectivity index (χ4v) is 3.58. The zero-order valence-electron chi connectivity index (χ0n) is 18.5. The summed E-state index contributed by atoms with van der Waals surface area (Å²) < 4.78 is 5.34. The summed E-state index contributed by atoms with van der Waals surface area (Å²) in [5.41, 5.74) is 2.49. The number of amides is 3. The van der Waals surface area contributed by atoms with Crippen LogP contribution in [-0.4, -0.2) is 74.2 Å². The largest absolute Gasteiger partial charge is 0.497 e. The standard InChI is InChI=1S/C22H36N4O3/c1-16(2)20-7-6-19(29-5)14-18(20)8-9-23-22(28)26-12-10-25(11-13-26)15-21(27)24-17(3)4/h6-7,14,16-17H,8-13,15H2,1-5H3,(H,23,28)(H,24,27). The SMILES string of the molecule is COc1ccc(C(C)C)c(CCNC(=O)N2CCN(CC(=O)NC(C)C)CC2)c1. The minimum atomic E-state index is -0.0368. The van der Waals surface area contributed by atoms with Gasteiger partial charge in [0.05, 0.1) is 13.7 Å². The molecule has 0 spiro atoms. The minimum Gasteiger partial charge on any atom is -0.497 e. The Bertz CT molecular complexity index is 683. The van der Waals surface area contributed by atoms with E-state index in [1.165, 1.54) is 11.1 Å². The van der Waals surface area contributed by atoms with E-state index in [0.29, 0.717) is 45.2 Å². The van der Waals surface area contributed by atoms with Crippen LogP contribution < -0.4 is 15.4 Å². The van der Waals surface area contributed by atoms with Gasteiger partial charge in [-0.1, -0.05) is 19.9 Å². The van der Waals surface area contributed by atoms with Gasteiger partial charge in [-0.15, -0.1) is 0 Å². The van der Waals surface area contributed by atoms with E-state index >= 15 is 0 Å². The van der Waals surface area contributed by atoms with Crippen molar-refractivity contribution in [3.8, 4) is 5.75 Å². The second-order valence-corrected chi connectivity index (χ2v) is 8.19. The van der Waals surface area contributed by atoms with Crippen LogP contribution in [0.1, 0.15) is 44.7 Å². The molecule has 0 aliphatic carbocycles. The third-order valence-electron chi connectivity index (χ3n) is 5.12. The van der Waals surface area contributed by atoms with Crippen LogP contribution in [0.15, 0.2) is 18.2 Å². The minimum absolute atomic E-state index is 0.0368. The molecule has 1 fully saturated rings. The second kappa shape index (κ2) is 11.0. The first-order valence-electron chi connectivity index (χ1n) is 10.5. The van der Waals surface area contributed by atoms with Crippen LogP contribution in [0.25, 0.3) is 0 Å². The highest BCUT2D eigenvalue weighted by atomic mass is 16.5. The molecular weight excluding hydrogens is 368 g/mol. The van der Waals surface area contributed by atoms with Crippen molar-refractivity contribution in [3.05, 3.63) is 29.3 Å². The lowest BCUT2D eigenvalue weighted by atomic mass is 9.95. The number of piperazine rings is 1. The molecule has 7 heteroatoms. The smallest absolute Gasteiger partial charge is 0.317 e. The van der Waals surface area contributed by atoms with Gasteiger partial charge in [0.15, 0.2) is 0 Å². The van der Waals surface area contributed by atoms with Crippen molar-refractivity contribution in [1.29, 1.82) is 0 Å².